The summed E-state index contributed by atoms with van der Waals surface area (Å²) in [4.78, 5) is 29.8. The third kappa shape index (κ3) is 3.27. The molecule has 4 heterocycles. The van der Waals surface area contributed by atoms with Crippen molar-refractivity contribution in [2.24, 2.45) is 0 Å². The predicted octanol–water partition coefficient (Wildman–Crippen LogP) is 1.22. The van der Waals surface area contributed by atoms with Crippen LogP contribution in [0.3, 0.4) is 0 Å². The second-order valence-electron chi connectivity index (χ2n) is 6.81. The summed E-state index contributed by atoms with van der Waals surface area (Å²) in [5.74, 6) is -0.985. The van der Waals surface area contributed by atoms with E-state index >= 15 is 0 Å². The first-order valence-electron chi connectivity index (χ1n) is 8.81. The number of rotatable bonds is 4. The van der Waals surface area contributed by atoms with Crippen LogP contribution in [0, 0.1) is 13.8 Å². The van der Waals surface area contributed by atoms with Crippen molar-refractivity contribution in [2.45, 2.75) is 39.8 Å². The minimum Gasteiger partial charge on any atom is -0.481 e. The maximum atomic E-state index is 12.9. The van der Waals surface area contributed by atoms with E-state index in [-0.39, 0.29) is 12.3 Å². The van der Waals surface area contributed by atoms with E-state index in [1.807, 2.05) is 30.7 Å². The monoisotopic (exact) mass is 368 g/mol. The van der Waals surface area contributed by atoms with Gasteiger partial charge in [-0.15, -0.1) is 0 Å². The van der Waals surface area contributed by atoms with Crippen molar-refractivity contribution in [2.75, 3.05) is 6.54 Å². The molecule has 0 bridgehead atoms. The smallest absolute Gasteiger partial charge is 0.303 e. The fourth-order valence-corrected chi connectivity index (χ4v) is 3.41. The van der Waals surface area contributed by atoms with Crippen LogP contribution in [-0.2, 0) is 24.3 Å². The molecule has 0 saturated carbocycles. The van der Waals surface area contributed by atoms with Crippen molar-refractivity contribution < 1.29 is 14.7 Å². The number of fused-ring (bicyclic) bond motifs is 2. The Bertz CT molecular complexity index is 1050. The van der Waals surface area contributed by atoms with Crippen LogP contribution in [-0.4, -0.2) is 52.8 Å². The topological polar surface area (TPSA) is 106 Å². The fraction of sp³-hybridized carbons (Fsp3) is 0.389. The number of carboxylic acid groups (broad SMARTS) is 1. The van der Waals surface area contributed by atoms with E-state index in [9.17, 15) is 9.59 Å². The third-order valence-corrected chi connectivity index (χ3v) is 4.68. The van der Waals surface area contributed by atoms with Crippen molar-refractivity contribution in [3.05, 3.63) is 46.7 Å². The molecule has 0 atom stereocenters. The SMILES string of the molecule is Cc1cc(C)n2nc(C(=O)N3CCn4nc(CCC(=O)O)cc4C3)cc2n1. The zero-order valence-corrected chi connectivity index (χ0v) is 15.2. The van der Waals surface area contributed by atoms with Crippen molar-refractivity contribution in [3.8, 4) is 0 Å². The van der Waals surface area contributed by atoms with E-state index in [0.29, 0.717) is 37.4 Å². The highest BCUT2D eigenvalue weighted by Crippen LogP contribution is 2.18. The van der Waals surface area contributed by atoms with E-state index < -0.39 is 5.97 Å². The van der Waals surface area contributed by atoms with E-state index in [0.717, 1.165) is 22.8 Å². The van der Waals surface area contributed by atoms with E-state index in [4.69, 9.17) is 5.11 Å². The zero-order valence-electron chi connectivity index (χ0n) is 15.2. The lowest BCUT2D eigenvalue weighted by atomic mass is 10.2. The molecule has 0 aliphatic carbocycles. The van der Waals surface area contributed by atoms with Gasteiger partial charge in [0.05, 0.1) is 30.9 Å². The summed E-state index contributed by atoms with van der Waals surface area (Å²) >= 11 is 0. The largest absolute Gasteiger partial charge is 0.481 e. The molecule has 27 heavy (non-hydrogen) atoms. The molecule has 0 saturated heterocycles. The van der Waals surface area contributed by atoms with Crippen LogP contribution in [0.2, 0.25) is 0 Å². The molecule has 4 rings (SSSR count). The number of carbonyl (C=O) groups excluding carboxylic acids is 1. The Kier molecular flexibility index (Phi) is 4.14. The minimum absolute atomic E-state index is 0.0477. The van der Waals surface area contributed by atoms with Gasteiger partial charge in [-0.25, -0.2) is 9.50 Å². The number of carboxylic acids is 1. The van der Waals surface area contributed by atoms with Gasteiger partial charge in [0.25, 0.3) is 5.91 Å². The van der Waals surface area contributed by atoms with Crippen LogP contribution in [0.4, 0.5) is 0 Å². The second kappa shape index (κ2) is 6.49. The van der Waals surface area contributed by atoms with Crippen molar-refractivity contribution in [3.63, 3.8) is 0 Å². The molecule has 140 valence electrons. The Hall–Kier alpha value is -3.23. The number of hydrogen-bond acceptors (Lipinski definition) is 5. The molecule has 0 aromatic carbocycles. The standard InChI is InChI=1S/C18H20N6O3/c1-11-7-12(2)24-16(19-11)9-15(21-24)18(27)22-5-6-23-14(10-22)8-13(20-23)3-4-17(25)26/h7-9H,3-6,10H2,1-2H3,(H,25,26). The van der Waals surface area contributed by atoms with Crippen molar-refractivity contribution >= 4 is 17.5 Å². The van der Waals surface area contributed by atoms with Crippen LogP contribution in [0.5, 0.6) is 0 Å². The molecular formula is C18H20N6O3. The Balaban J connectivity index is 1.54. The molecule has 0 fully saturated rings. The van der Waals surface area contributed by atoms with Gasteiger partial charge in [-0.2, -0.15) is 10.2 Å². The van der Waals surface area contributed by atoms with Crippen molar-refractivity contribution in [1.29, 1.82) is 0 Å². The van der Waals surface area contributed by atoms with Gasteiger partial charge < -0.3 is 10.0 Å². The maximum absolute atomic E-state index is 12.9. The summed E-state index contributed by atoms with van der Waals surface area (Å²) in [6.45, 7) is 5.39. The number of hydrogen-bond donors (Lipinski definition) is 1. The van der Waals surface area contributed by atoms with Gasteiger partial charge in [-0.05, 0) is 26.0 Å². The van der Waals surface area contributed by atoms with Crippen LogP contribution < -0.4 is 0 Å². The first kappa shape index (κ1) is 17.2. The summed E-state index contributed by atoms with van der Waals surface area (Å²) in [6, 6.07) is 5.51. The molecule has 3 aromatic heterocycles. The molecule has 9 heteroatoms. The molecule has 1 N–H and O–H groups in total. The van der Waals surface area contributed by atoms with Crippen molar-refractivity contribution in [1.82, 2.24) is 29.3 Å². The molecule has 1 amide bonds. The van der Waals surface area contributed by atoms with Gasteiger partial charge >= 0.3 is 5.97 Å². The highest BCUT2D eigenvalue weighted by Gasteiger charge is 2.25. The van der Waals surface area contributed by atoms with Gasteiger partial charge in [-0.1, -0.05) is 0 Å². The quantitative estimate of drug-likeness (QED) is 0.742. The normalized spacial score (nSPS) is 13.8. The van der Waals surface area contributed by atoms with Crippen LogP contribution in [0.1, 0.15) is 39.7 Å². The summed E-state index contributed by atoms with van der Waals surface area (Å²) in [7, 11) is 0. The third-order valence-electron chi connectivity index (χ3n) is 4.68. The molecule has 1 aliphatic heterocycles. The molecule has 0 radical (unpaired) electrons. The molecular weight excluding hydrogens is 348 g/mol. The highest BCUT2D eigenvalue weighted by atomic mass is 16.4. The Morgan fingerprint density at radius 3 is 2.74 bits per heavy atom. The van der Waals surface area contributed by atoms with E-state index in [1.54, 1.807) is 15.5 Å². The maximum Gasteiger partial charge on any atom is 0.303 e. The number of aromatic nitrogens is 5. The van der Waals surface area contributed by atoms with Gasteiger partial charge in [-0.3, -0.25) is 14.3 Å². The second-order valence-corrected chi connectivity index (χ2v) is 6.81. The van der Waals surface area contributed by atoms with Crippen LogP contribution in [0.25, 0.3) is 5.65 Å². The molecule has 1 aliphatic rings. The Morgan fingerprint density at radius 2 is 1.96 bits per heavy atom. The van der Waals surface area contributed by atoms with E-state index in [1.165, 1.54) is 0 Å². The van der Waals surface area contributed by atoms with Gasteiger partial charge in [0.15, 0.2) is 11.3 Å². The fourth-order valence-electron chi connectivity index (χ4n) is 3.41. The molecule has 3 aromatic rings. The van der Waals surface area contributed by atoms with Gasteiger partial charge in [0, 0.05) is 30.4 Å². The molecule has 0 spiro atoms. The lowest BCUT2D eigenvalue weighted by molar-refractivity contribution is -0.136. The summed E-state index contributed by atoms with van der Waals surface area (Å²) in [5, 5.41) is 17.7. The lowest BCUT2D eigenvalue weighted by Crippen LogP contribution is -2.38. The lowest BCUT2D eigenvalue weighted by Gasteiger charge is -2.26. The summed E-state index contributed by atoms with van der Waals surface area (Å²) in [6.07, 6.45) is 0.437. The Morgan fingerprint density at radius 1 is 1.15 bits per heavy atom. The molecule has 0 unspecified atom stereocenters. The molecule has 9 nitrogen and oxygen atoms in total. The summed E-state index contributed by atoms with van der Waals surface area (Å²) < 4.78 is 3.53. The van der Waals surface area contributed by atoms with E-state index in [2.05, 4.69) is 15.2 Å². The minimum atomic E-state index is -0.844. The first-order valence-corrected chi connectivity index (χ1v) is 8.81. The summed E-state index contributed by atoms with van der Waals surface area (Å²) in [5.41, 5.74) is 4.49. The average molecular weight is 368 g/mol. The van der Waals surface area contributed by atoms with Crippen LogP contribution in [0.15, 0.2) is 18.2 Å². The number of nitrogens with zero attached hydrogens (tertiary/aromatic N) is 6. The number of carbonyl (C=O) groups is 2. The van der Waals surface area contributed by atoms with Crippen LogP contribution >= 0.6 is 0 Å². The average Bonchev–Trinajstić information content (AvgIpc) is 3.22. The zero-order chi connectivity index (χ0) is 19.1. The highest BCUT2D eigenvalue weighted by molar-refractivity contribution is 5.93. The number of amides is 1. The predicted molar refractivity (Wildman–Crippen MR) is 95.4 cm³/mol. The van der Waals surface area contributed by atoms with Gasteiger partial charge in [0.1, 0.15) is 0 Å². The number of aliphatic carboxylic acids is 1. The van der Waals surface area contributed by atoms with Gasteiger partial charge in [0.2, 0.25) is 0 Å². The number of aryl methyl sites for hydroxylation is 3. The first-order chi connectivity index (χ1) is 12.9. The Labute approximate surface area is 155 Å².